The topological polar surface area (TPSA) is 56.7 Å². The van der Waals surface area contributed by atoms with E-state index in [2.05, 4.69) is 9.97 Å². The number of aromatic nitrogens is 3. The van der Waals surface area contributed by atoms with Gasteiger partial charge in [-0.15, -0.1) is 0 Å². The first-order valence-electron chi connectivity index (χ1n) is 5.55. The molecule has 0 aliphatic carbocycles. The summed E-state index contributed by atoms with van der Waals surface area (Å²) in [6.45, 7) is 0.479. The van der Waals surface area contributed by atoms with Gasteiger partial charge in [0, 0.05) is 6.20 Å². The molecule has 0 unspecified atom stereocenters. The summed E-state index contributed by atoms with van der Waals surface area (Å²) in [4.78, 5) is 8.42. The first kappa shape index (κ1) is 10.7. The predicted molar refractivity (Wildman–Crippen MR) is 67.4 cm³/mol. The molecule has 0 fully saturated rings. The summed E-state index contributed by atoms with van der Waals surface area (Å²) in [7, 11) is 0. The lowest BCUT2D eigenvalue weighted by Gasteiger charge is -2.05. The highest BCUT2D eigenvalue weighted by molar-refractivity contribution is 5.78. The Labute approximate surface area is 103 Å². The van der Waals surface area contributed by atoms with Crippen LogP contribution in [0.5, 0.6) is 0 Å². The van der Waals surface area contributed by atoms with Gasteiger partial charge in [-0.3, -0.25) is 4.98 Å². The third-order valence-electron chi connectivity index (χ3n) is 2.79. The molecule has 0 aliphatic rings. The summed E-state index contributed by atoms with van der Waals surface area (Å²) in [6.07, 6.45) is 1.71. The monoisotopic (exact) mass is 242 g/mol. The minimum absolute atomic E-state index is 0.301. The number of nitrogen functional groups attached to an aromatic ring is 1. The molecule has 0 amide bonds. The standard InChI is InChI=1S/C13H11FN4/c14-9-4-5-11-12(7-9)18(13(15)17-11)8-10-3-1-2-6-16-10/h1-7H,8H2,(H2,15,17). The van der Waals surface area contributed by atoms with E-state index in [4.69, 9.17) is 5.73 Å². The van der Waals surface area contributed by atoms with Crippen molar-refractivity contribution in [3.8, 4) is 0 Å². The zero-order chi connectivity index (χ0) is 12.5. The third-order valence-corrected chi connectivity index (χ3v) is 2.79. The zero-order valence-corrected chi connectivity index (χ0v) is 9.55. The molecule has 2 aromatic heterocycles. The van der Waals surface area contributed by atoms with Gasteiger partial charge in [-0.05, 0) is 30.3 Å². The lowest BCUT2D eigenvalue weighted by atomic mass is 10.3. The molecule has 3 aromatic rings. The van der Waals surface area contributed by atoms with Crippen molar-refractivity contribution in [2.75, 3.05) is 5.73 Å². The van der Waals surface area contributed by atoms with Crippen molar-refractivity contribution < 1.29 is 4.39 Å². The number of imidazole rings is 1. The first-order chi connectivity index (χ1) is 8.74. The van der Waals surface area contributed by atoms with Crippen molar-refractivity contribution >= 4 is 17.0 Å². The van der Waals surface area contributed by atoms with Crippen LogP contribution < -0.4 is 5.73 Å². The van der Waals surface area contributed by atoms with Gasteiger partial charge in [-0.25, -0.2) is 9.37 Å². The Morgan fingerprint density at radius 2 is 2.11 bits per heavy atom. The van der Waals surface area contributed by atoms with Gasteiger partial charge in [0.25, 0.3) is 0 Å². The van der Waals surface area contributed by atoms with Crippen LogP contribution in [0.4, 0.5) is 10.3 Å². The number of benzene rings is 1. The van der Waals surface area contributed by atoms with E-state index in [0.717, 1.165) is 5.69 Å². The van der Waals surface area contributed by atoms with E-state index >= 15 is 0 Å². The summed E-state index contributed by atoms with van der Waals surface area (Å²) in [6, 6.07) is 10.1. The molecule has 0 bridgehead atoms. The van der Waals surface area contributed by atoms with E-state index in [1.165, 1.54) is 12.1 Å². The summed E-state index contributed by atoms with van der Waals surface area (Å²) in [5, 5.41) is 0. The highest BCUT2D eigenvalue weighted by Gasteiger charge is 2.09. The van der Waals surface area contributed by atoms with E-state index in [-0.39, 0.29) is 5.82 Å². The van der Waals surface area contributed by atoms with E-state index in [1.54, 1.807) is 16.8 Å². The fourth-order valence-electron chi connectivity index (χ4n) is 1.93. The Morgan fingerprint density at radius 3 is 2.89 bits per heavy atom. The van der Waals surface area contributed by atoms with Crippen LogP contribution in [-0.2, 0) is 6.54 Å². The van der Waals surface area contributed by atoms with Crippen molar-refractivity contribution in [3.63, 3.8) is 0 Å². The highest BCUT2D eigenvalue weighted by Crippen LogP contribution is 2.19. The van der Waals surface area contributed by atoms with Gasteiger partial charge >= 0.3 is 0 Å². The number of nitrogens with two attached hydrogens (primary N) is 1. The molecule has 1 aromatic carbocycles. The van der Waals surface area contributed by atoms with Gasteiger partial charge in [0.15, 0.2) is 0 Å². The molecular formula is C13H11FN4. The molecule has 0 saturated carbocycles. The lowest BCUT2D eigenvalue weighted by molar-refractivity contribution is 0.628. The summed E-state index contributed by atoms with van der Waals surface area (Å²) < 4.78 is 15.0. The smallest absolute Gasteiger partial charge is 0.201 e. The molecule has 18 heavy (non-hydrogen) atoms. The third kappa shape index (κ3) is 1.79. The molecular weight excluding hydrogens is 231 g/mol. The molecule has 0 aliphatic heterocycles. The van der Waals surface area contributed by atoms with Crippen LogP contribution >= 0.6 is 0 Å². The number of fused-ring (bicyclic) bond motifs is 1. The van der Waals surface area contributed by atoms with Crippen molar-refractivity contribution in [2.24, 2.45) is 0 Å². The molecule has 2 heterocycles. The number of anilines is 1. The van der Waals surface area contributed by atoms with E-state index in [9.17, 15) is 4.39 Å². The van der Waals surface area contributed by atoms with Crippen LogP contribution in [0.3, 0.4) is 0 Å². The molecule has 2 N–H and O–H groups in total. The lowest BCUT2D eigenvalue weighted by Crippen LogP contribution is -2.05. The van der Waals surface area contributed by atoms with Gasteiger partial charge in [0.1, 0.15) is 5.82 Å². The maximum absolute atomic E-state index is 13.3. The van der Waals surface area contributed by atoms with Crippen LogP contribution in [0.1, 0.15) is 5.69 Å². The fraction of sp³-hybridized carbons (Fsp3) is 0.0769. The molecule has 0 spiro atoms. The van der Waals surface area contributed by atoms with Gasteiger partial charge in [-0.1, -0.05) is 6.07 Å². The average Bonchev–Trinajstić information content (AvgIpc) is 2.67. The minimum Gasteiger partial charge on any atom is -0.369 e. The van der Waals surface area contributed by atoms with Crippen LogP contribution in [-0.4, -0.2) is 14.5 Å². The van der Waals surface area contributed by atoms with E-state index in [1.807, 2.05) is 18.2 Å². The summed E-state index contributed by atoms with van der Waals surface area (Å²) in [5.74, 6) is 0.0610. The van der Waals surface area contributed by atoms with Gasteiger partial charge in [0.2, 0.25) is 5.95 Å². The predicted octanol–water partition coefficient (Wildman–Crippen LogP) is 2.20. The molecule has 90 valence electrons. The normalized spacial score (nSPS) is 10.9. The van der Waals surface area contributed by atoms with E-state index in [0.29, 0.717) is 23.5 Å². The van der Waals surface area contributed by atoms with Crippen LogP contribution in [0.2, 0.25) is 0 Å². The number of hydrogen-bond donors (Lipinski definition) is 1. The second kappa shape index (κ2) is 4.10. The van der Waals surface area contributed by atoms with Gasteiger partial charge in [0.05, 0.1) is 23.3 Å². The van der Waals surface area contributed by atoms with Crippen molar-refractivity contribution in [1.82, 2.24) is 14.5 Å². The fourth-order valence-corrected chi connectivity index (χ4v) is 1.93. The Morgan fingerprint density at radius 1 is 1.22 bits per heavy atom. The molecule has 0 radical (unpaired) electrons. The largest absolute Gasteiger partial charge is 0.369 e. The van der Waals surface area contributed by atoms with Crippen molar-refractivity contribution in [1.29, 1.82) is 0 Å². The van der Waals surface area contributed by atoms with Crippen molar-refractivity contribution in [3.05, 3.63) is 54.1 Å². The second-order valence-electron chi connectivity index (χ2n) is 4.01. The molecule has 5 heteroatoms. The molecule has 3 rings (SSSR count). The number of rotatable bonds is 2. The first-order valence-corrected chi connectivity index (χ1v) is 5.55. The Kier molecular flexibility index (Phi) is 2.44. The number of hydrogen-bond acceptors (Lipinski definition) is 3. The number of pyridine rings is 1. The molecule has 0 atom stereocenters. The summed E-state index contributed by atoms with van der Waals surface area (Å²) in [5.41, 5.74) is 8.07. The van der Waals surface area contributed by atoms with Gasteiger partial charge < -0.3 is 10.3 Å². The number of halogens is 1. The Bertz CT molecular complexity index is 691. The summed E-state index contributed by atoms with van der Waals surface area (Å²) >= 11 is 0. The van der Waals surface area contributed by atoms with Crippen molar-refractivity contribution in [2.45, 2.75) is 6.54 Å². The van der Waals surface area contributed by atoms with Crippen LogP contribution in [0.15, 0.2) is 42.6 Å². The highest BCUT2D eigenvalue weighted by atomic mass is 19.1. The number of nitrogens with zero attached hydrogens (tertiary/aromatic N) is 3. The maximum Gasteiger partial charge on any atom is 0.201 e. The van der Waals surface area contributed by atoms with E-state index < -0.39 is 0 Å². The zero-order valence-electron chi connectivity index (χ0n) is 9.55. The SMILES string of the molecule is Nc1nc2ccc(F)cc2n1Cc1ccccn1. The molecule has 4 nitrogen and oxygen atoms in total. The van der Waals surface area contributed by atoms with Crippen LogP contribution in [0.25, 0.3) is 11.0 Å². The quantitative estimate of drug-likeness (QED) is 0.749. The van der Waals surface area contributed by atoms with Crippen LogP contribution in [0, 0.1) is 5.82 Å². The Balaban J connectivity index is 2.11. The second-order valence-corrected chi connectivity index (χ2v) is 4.01. The molecule has 0 saturated heterocycles. The minimum atomic E-state index is -0.301. The Hall–Kier alpha value is -2.43. The van der Waals surface area contributed by atoms with Gasteiger partial charge in [-0.2, -0.15) is 0 Å². The average molecular weight is 242 g/mol. The maximum atomic E-state index is 13.3.